The first-order valence-corrected chi connectivity index (χ1v) is 5.79. The Balaban J connectivity index is 2.39. The smallest absolute Gasteiger partial charge is 0.274 e. The fourth-order valence-electron chi connectivity index (χ4n) is 1.84. The summed E-state index contributed by atoms with van der Waals surface area (Å²) in [7, 11) is 0. The summed E-state index contributed by atoms with van der Waals surface area (Å²) >= 11 is 0. The molecule has 19 heavy (non-hydrogen) atoms. The molecule has 0 aliphatic rings. The summed E-state index contributed by atoms with van der Waals surface area (Å²) in [6, 6.07) is 9.18. The number of para-hydroxylation sites is 1. The monoisotopic (exact) mass is 257 g/mol. The number of hydrogen-bond acceptors (Lipinski definition) is 3. The summed E-state index contributed by atoms with van der Waals surface area (Å²) in [6.07, 6.45) is 1.69. The van der Waals surface area contributed by atoms with Crippen molar-refractivity contribution >= 4 is 11.7 Å². The molecule has 2 aromatic rings. The molecule has 0 saturated carbocycles. The standard InChI is InChI=1S/C13H15N5O/c1-9(16-13(19)17-14)12-8-15-18(10(12)2)11-6-4-3-5-7-11/h3-8H,14H2,1-2H3,(H,17,19)/b16-9-. The molecule has 0 bridgehead atoms. The SMILES string of the molecule is C/C(=N/C(=O)NN)c1cnn(-c2ccccc2)c1C. The van der Waals surface area contributed by atoms with E-state index in [0.29, 0.717) is 5.71 Å². The fourth-order valence-corrected chi connectivity index (χ4v) is 1.84. The summed E-state index contributed by atoms with van der Waals surface area (Å²) in [5.41, 5.74) is 5.23. The number of carbonyl (C=O) groups excluding carboxylic acids is 1. The van der Waals surface area contributed by atoms with Crippen molar-refractivity contribution in [2.75, 3.05) is 0 Å². The largest absolute Gasteiger partial charge is 0.355 e. The highest BCUT2D eigenvalue weighted by atomic mass is 16.2. The van der Waals surface area contributed by atoms with E-state index in [9.17, 15) is 4.79 Å². The molecule has 98 valence electrons. The van der Waals surface area contributed by atoms with Gasteiger partial charge in [0.15, 0.2) is 0 Å². The highest BCUT2D eigenvalue weighted by Gasteiger charge is 2.11. The van der Waals surface area contributed by atoms with Crippen molar-refractivity contribution in [2.45, 2.75) is 13.8 Å². The summed E-state index contributed by atoms with van der Waals surface area (Å²) in [6.45, 7) is 3.67. The predicted molar refractivity (Wildman–Crippen MR) is 73.2 cm³/mol. The summed E-state index contributed by atoms with van der Waals surface area (Å²) in [5, 5.41) is 4.31. The van der Waals surface area contributed by atoms with Crippen LogP contribution < -0.4 is 11.3 Å². The normalized spacial score (nSPS) is 11.4. The maximum Gasteiger partial charge on any atom is 0.355 e. The van der Waals surface area contributed by atoms with E-state index in [1.165, 1.54) is 0 Å². The van der Waals surface area contributed by atoms with Crippen molar-refractivity contribution in [3.8, 4) is 5.69 Å². The molecular formula is C13H15N5O. The van der Waals surface area contributed by atoms with Gasteiger partial charge < -0.3 is 0 Å². The number of hydrazine groups is 1. The molecule has 0 fully saturated rings. The molecule has 1 aromatic heterocycles. The minimum atomic E-state index is -0.579. The molecule has 0 spiro atoms. The molecular weight excluding hydrogens is 242 g/mol. The molecule has 2 rings (SSSR count). The molecule has 0 aliphatic heterocycles. The van der Waals surface area contributed by atoms with E-state index < -0.39 is 6.03 Å². The van der Waals surface area contributed by atoms with Crippen molar-refractivity contribution in [1.82, 2.24) is 15.2 Å². The van der Waals surface area contributed by atoms with E-state index in [-0.39, 0.29) is 0 Å². The lowest BCUT2D eigenvalue weighted by Gasteiger charge is -2.05. The number of nitrogens with zero attached hydrogens (tertiary/aromatic N) is 3. The zero-order valence-corrected chi connectivity index (χ0v) is 10.8. The first-order valence-electron chi connectivity index (χ1n) is 5.79. The van der Waals surface area contributed by atoms with Crippen molar-refractivity contribution in [1.29, 1.82) is 0 Å². The number of amides is 2. The number of hydrogen-bond donors (Lipinski definition) is 2. The van der Waals surface area contributed by atoms with Gasteiger partial charge in [0.1, 0.15) is 0 Å². The van der Waals surface area contributed by atoms with Crippen LogP contribution in [0.4, 0.5) is 4.79 Å². The maximum atomic E-state index is 11.1. The topological polar surface area (TPSA) is 85.3 Å². The summed E-state index contributed by atoms with van der Waals surface area (Å²) in [5.74, 6) is 5.01. The molecule has 1 aromatic carbocycles. The molecule has 2 amide bonds. The van der Waals surface area contributed by atoms with Crippen molar-refractivity contribution in [3.63, 3.8) is 0 Å². The Morgan fingerprint density at radius 3 is 2.68 bits per heavy atom. The van der Waals surface area contributed by atoms with Crippen LogP contribution >= 0.6 is 0 Å². The quantitative estimate of drug-likeness (QED) is 0.370. The van der Waals surface area contributed by atoms with Gasteiger partial charge in [-0.05, 0) is 26.0 Å². The number of nitrogens with two attached hydrogens (primary N) is 1. The minimum Gasteiger partial charge on any atom is -0.274 e. The van der Waals surface area contributed by atoms with Gasteiger partial charge in [0, 0.05) is 5.56 Å². The molecule has 0 radical (unpaired) electrons. The first-order chi connectivity index (χ1) is 9.13. The number of nitrogens with one attached hydrogen (secondary N) is 1. The fraction of sp³-hybridized carbons (Fsp3) is 0.154. The second-order valence-electron chi connectivity index (χ2n) is 4.04. The highest BCUT2D eigenvalue weighted by Crippen LogP contribution is 2.14. The molecule has 0 saturated heterocycles. The summed E-state index contributed by atoms with van der Waals surface area (Å²) < 4.78 is 1.80. The van der Waals surface area contributed by atoms with Gasteiger partial charge >= 0.3 is 6.03 Å². The maximum absolute atomic E-state index is 11.1. The van der Waals surface area contributed by atoms with Crippen LogP contribution in [0.5, 0.6) is 0 Å². The van der Waals surface area contributed by atoms with Crippen LogP contribution in [0.15, 0.2) is 41.5 Å². The van der Waals surface area contributed by atoms with E-state index in [0.717, 1.165) is 16.9 Å². The minimum absolute atomic E-state index is 0.572. The number of urea groups is 1. The molecule has 3 N–H and O–H groups in total. The number of aliphatic imine (C=N–C) groups is 1. The lowest BCUT2D eigenvalue weighted by Crippen LogP contribution is -2.27. The van der Waals surface area contributed by atoms with Crippen molar-refractivity contribution in [2.24, 2.45) is 10.8 Å². The lowest BCUT2D eigenvalue weighted by atomic mass is 10.2. The Bertz CT molecular complexity index is 615. The highest BCUT2D eigenvalue weighted by molar-refractivity contribution is 6.05. The molecule has 6 nitrogen and oxygen atoms in total. The zero-order valence-electron chi connectivity index (χ0n) is 10.8. The molecule has 1 heterocycles. The van der Waals surface area contributed by atoms with Crippen LogP contribution in [0, 0.1) is 6.92 Å². The number of aromatic nitrogens is 2. The van der Waals surface area contributed by atoms with Crippen LogP contribution in [-0.4, -0.2) is 21.5 Å². The Morgan fingerprint density at radius 1 is 1.37 bits per heavy atom. The molecule has 0 unspecified atom stereocenters. The van der Waals surface area contributed by atoms with E-state index in [1.54, 1.807) is 17.8 Å². The van der Waals surface area contributed by atoms with Crippen LogP contribution in [0.25, 0.3) is 5.69 Å². The van der Waals surface area contributed by atoms with Crippen LogP contribution in [0.1, 0.15) is 18.2 Å². The third-order valence-corrected chi connectivity index (χ3v) is 2.79. The third-order valence-electron chi connectivity index (χ3n) is 2.79. The van der Waals surface area contributed by atoms with Gasteiger partial charge in [0.05, 0.1) is 23.3 Å². The lowest BCUT2D eigenvalue weighted by molar-refractivity contribution is 0.249. The van der Waals surface area contributed by atoms with Gasteiger partial charge in [-0.25, -0.2) is 15.3 Å². The van der Waals surface area contributed by atoms with E-state index >= 15 is 0 Å². The van der Waals surface area contributed by atoms with E-state index in [1.807, 2.05) is 42.7 Å². The molecule has 0 atom stereocenters. The first kappa shape index (κ1) is 13.0. The van der Waals surface area contributed by atoms with Gasteiger partial charge in [0.2, 0.25) is 0 Å². The Hall–Kier alpha value is -2.47. The van der Waals surface area contributed by atoms with E-state index in [4.69, 9.17) is 5.84 Å². The van der Waals surface area contributed by atoms with Gasteiger partial charge in [-0.1, -0.05) is 18.2 Å². The van der Waals surface area contributed by atoms with Gasteiger partial charge in [-0.3, -0.25) is 5.43 Å². The average molecular weight is 257 g/mol. The molecule has 0 aliphatic carbocycles. The third kappa shape index (κ3) is 2.69. The Kier molecular flexibility index (Phi) is 3.72. The predicted octanol–water partition coefficient (Wildman–Crippen LogP) is 1.57. The van der Waals surface area contributed by atoms with Crippen LogP contribution in [0.3, 0.4) is 0 Å². The van der Waals surface area contributed by atoms with Gasteiger partial charge in [-0.15, -0.1) is 0 Å². The second-order valence-corrected chi connectivity index (χ2v) is 4.04. The van der Waals surface area contributed by atoms with Crippen LogP contribution in [-0.2, 0) is 0 Å². The Labute approximate surface area is 110 Å². The number of rotatable bonds is 2. The second kappa shape index (κ2) is 5.45. The Morgan fingerprint density at radius 2 is 2.05 bits per heavy atom. The number of benzene rings is 1. The number of carbonyl (C=O) groups is 1. The van der Waals surface area contributed by atoms with Crippen molar-refractivity contribution < 1.29 is 4.79 Å². The zero-order chi connectivity index (χ0) is 13.8. The van der Waals surface area contributed by atoms with Gasteiger partial charge in [-0.2, -0.15) is 10.1 Å². The van der Waals surface area contributed by atoms with Crippen LogP contribution in [0.2, 0.25) is 0 Å². The van der Waals surface area contributed by atoms with Gasteiger partial charge in [0.25, 0.3) is 0 Å². The van der Waals surface area contributed by atoms with Crippen molar-refractivity contribution in [3.05, 3.63) is 47.8 Å². The van der Waals surface area contributed by atoms with E-state index in [2.05, 4.69) is 10.1 Å². The molecule has 6 heteroatoms. The summed E-state index contributed by atoms with van der Waals surface area (Å²) in [4.78, 5) is 15.0. The average Bonchev–Trinajstić information content (AvgIpc) is 2.81.